The predicted octanol–water partition coefficient (Wildman–Crippen LogP) is 2.76. The summed E-state index contributed by atoms with van der Waals surface area (Å²) in [6, 6.07) is 4.00. The summed E-state index contributed by atoms with van der Waals surface area (Å²) >= 11 is 0. The highest BCUT2D eigenvalue weighted by atomic mass is 16.2. The first kappa shape index (κ1) is 14.9. The summed E-state index contributed by atoms with van der Waals surface area (Å²) in [7, 11) is 0. The number of aromatic amines is 1. The first-order valence-corrected chi connectivity index (χ1v) is 8.44. The average Bonchev–Trinajstić information content (AvgIpc) is 3.21. The SMILES string of the molecule is Cc1cnn(C[C@@H]2CCCCN2C(=O)c2c[nH]c3ncccc23)c1. The lowest BCUT2D eigenvalue weighted by Gasteiger charge is -2.35. The van der Waals surface area contributed by atoms with Crippen LogP contribution in [-0.2, 0) is 6.54 Å². The van der Waals surface area contributed by atoms with Crippen LogP contribution in [0, 0.1) is 6.92 Å². The van der Waals surface area contributed by atoms with E-state index >= 15 is 0 Å². The number of amides is 1. The number of hydrogen-bond donors (Lipinski definition) is 1. The lowest BCUT2D eigenvalue weighted by Crippen LogP contribution is -2.45. The smallest absolute Gasteiger partial charge is 0.256 e. The number of aromatic nitrogens is 4. The monoisotopic (exact) mass is 323 g/mol. The van der Waals surface area contributed by atoms with E-state index in [4.69, 9.17) is 0 Å². The number of nitrogens with zero attached hydrogens (tertiary/aromatic N) is 4. The fraction of sp³-hybridized carbons (Fsp3) is 0.389. The molecule has 1 N–H and O–H groups in total. The summed E-state index contributed by atoms with van der Waals surface area (Å²) < 4.78 is 1.95. The molecule has 0 spiro atoms. The van der Waals surface area contributed by atoms with E-state index in [1.807, 2.05) is 41.0 Å². The van der Waals surface area contributed by atoms with Gasteiger partial charge in [0.05, 0.1) is 24.3 Å². The highest BCUT2D eigenvalue weighted by Gasteiger charge is 2.29. The van der Waals surface area contributed by atoms with Gasteiger partial charge in [-0.1, -0.05) is 0 Å². The maximum Gasteiger partial charge on any atom is 0.256 e. The quantitative estimate of drug-likeness (QED) is 0.806. The van der Waals surface area contributed by atoms with E-state index in [0.29, 0.717) is 5.56 Å². The van der Waals surface area contributed by atoms with Crippen LogP contribution >= 0.6 is 0 Å². The molecular weight excluding hydrogens is 302 g/mol. The molecule has 6 heteroatoms. The van der Waals surface area contributed by atoms with Crippen LogP contribution in [0.4, 0.5) is 0 Å². The van der Waals surface area contributed by atoms with Crippen molar-refractivity contribution in [3.63, 3.8) is 0 Å². The number of hydrogen-bond acceptors (Lipinski definition) is 3. The van der Waals surface area contributed by atoms with Gasteiger partial charge in [-0.2, -0.15) is 5.10 Å². The van der Waals surface area contributed by atoms with Gasteiger partial charge in [0.15, 0.2) is 0 Å². The van der Waals surface area contributed by atoms with E-state index in [9.17, 15) is 4.79 Å². The highest BCUT2D eigenvalue weighted by molar-refractivity contribution is 6.06. The normalized spacial score (nSPS) is 18.2. The van der Waals surface area contributed by atoms with Crippen LogP contribution < -0.4 is 0 Å². The van der Waals surface area contributed by atoms with Crippen LogP contribution in [0.15, 0.2) is 36.9 Å². The number of aryl methyl sites for hydroxylation is 1. The zero-order valence-electron chi connectivity index (χ0n) is 13.8. The van der Waals surface area contributed by atoms with Crippen molar-refractivity contribution in [3.8, 4) is 0 Å². The van der Waals surface area contributed by atoms with Gasteiger partial charge < -0.3 is 9.88 Å². The number of carbonyl (C=O) groups excluding carboxylic acids is 1. The zero-order valence-corrected chi connectivity index (χ0v) is 13.8. The number of likely N-dealkylation sites (tertiary alicyclic amines) is 1. The number of carbonyl (C=O) groups is 1. The Morgan fingerprint density at radius 3 is 3.17 bits per heavy atom. The third kappa shape index (κ3) is 2.68. The van der Waals surface area contributed by atoms with Crippen molar-refractivity contribution in [3.05, 3.63) is 48.0 Å². The van der Waals surface area contributed by atoms with Crippen LogP contribution in [0.1, 0.15) is 35.2 Å². The molecular formula is C18H21N5O. The van der Waals surface area contributed by atoms with Crippen molar-refractivity contribution in [1.82, 2.24) is 24.6 Å². The number of rotatable bonds is 3. The molecule has 124 valence electrons. The number of piperidine rings is 1. The molecule has 1 amide bonds. The standard InChI is InChI=1S/C18H21N5O/c1-13-9-21-22(11-13)12-14-5-2-3-8-23(14)18(24)16-10-20-17-15(16)6-4-7-19-17/h4,6-7,9-11,14H,2-3,5,8,12H2,1H3,(H,19,20)/t14-/m0/s1. The molecule has 0 saturated carbocycles. The minimum Gasteiger partial charge on any atom is -0.345 e. The fourth-order valence-electron chi connectivity index (χ4n) is 3.53. The molecule has 6 nitrogen and oxygen atoms in total. The fourth-order valence-corrected chi connectivity index (χ4v) is 3.53. The second-order valence-corrected chi connectivity index (χ2v) is 6.49. The molecule has 1 atom stereocenters. The third-order valence-electron chi connectivity index (χ3n) is 4.73. The first-order chi connectivity index (χ1) is 11.7. The first-order valence-electron chi connectivity index (χ1n) is 8.44. The highest BCUT2D eigenvalue weighted by Crippen LogP contribution is 2.24. The van der Waals surface area contributed by atoms with Crippen molar-refractivity contribution >= 4 is 16.9 Å². The van der Waals surface area contributed by atoms with Crippen molar-refractivity contribution in [1.29, 1.82) is 0 Å². The Morgan fingerprint density at radius 2 is 2.33 bits per heavy atom. The number of fused-ring (bicyclic) bond motifs is 1. The summed E-state index contributed by atoms with van der Waals surface area (Å²) in [6.45, 7) is 3.59. The predicted molar refractivity (Wildman–Crippen MR) is 91.7 cm³/mol. The Bertz CT molecular complexity index is 865. The molecule has 0 unspecified atom stereocenters. The minimum atomic E-state index is 0.0860. The van der Waals surface area contributed by atoms with Crippen molar-refractivity contribution < 1.29 is 4.79 Å². The Morgan fingerprint density at radius 1 is 1.42 bits per heavy atom. The molecule has 4 rings (SSSR count). The van der Waals surface area contributed by atoms with Crippen LogP contribution in [0.25, 0.3) is 11.0 Å². The van der Waals surface area contributed by atoms with Crippen molar-refractivity contribution in [2.24, 2.45) is 0 Å². The van der Waals surface area contributed by atoms with Gasteiger partial charge in [0.1, 0.15) is 5.65 Å². The molecule has 3 aromatic rings. The van der Waals surface area contributed by atoms with E-state index in [-0.39, 0.29) is 11.9 Å². The maximum absolute atomic E-state index is 13.1. The minimum absolute atomic E-state index is 0.0860. The molecule has 1 aliphatic heterocycles. The summed E-state index contributed by atoms with van der Waals surface area (Å²) in [6.07, 6.45) is 10.6. The summed E-state index contributed by atoms with van der Waals surface area (Å²) in [5, 5.41) is 5.27. The molecule has 3 aromatic heterocycles. The number of H-pyrrole nitrogens is 1. The van der Waals surface area contributed by atoms with E-state index < -0.39 is 0 Å². The molecule has 0 bridgehead atoms. The lowest BCUT2D eigenvalue weighted by atomic mass is 10.0. The van der Waals surface area contributed by atoms with Gasteiger partial charge >= 0.3 is 0 Å². The molecule has 1 fully saturated rings. The van der Waals surface area contributed by atoms with Gasteiger partial charge in [-0.05, 0) is 43.9 Å². The molecule has 0 aliphatic carbocycles. The van der Waals surface area contributed by atoms with Crippen LogP contribution in [0.5, 0.6) is 0 Å². The second-order valence-electron chi connectivity index (χ2n) is 6.49. The van der Waals surface area contributed by atoms with Crippen LogP contribution in [0.3, 0.4) is 0 Å². The zero-order chi connectivity index (χ0) is 16.5. The van der Waals surface area contributed by atoms with Gasteiger partial charge in [-0.25, -0.2) is 4.98 Å². The summed E-state index contributed by atoms with van der Waals surface area (Å²) in [5.74, 6) is 0.0860. The van der Waals surface area contributed by atoms with E-state index in [0.717, 1.165) is 48.9 Å². The molecule has 1 saturated heterocycles. The molecule has 24 heavy (non-hydrogen) atoms. The topological polar surface area (TPSA) is 66.8 Å². The van der Waals surface area contributed by atoms with Gasteiger partial charge in [-0.3, -0.25) is 9.48 Å². The van der Waals surface area contributed by atoms with Crippen molar-refractivity contribution in [2.45, 2.75) is 38.8 Å². The molecule has 4 heterocycles. The van der Waals surface area contributed by atoms with Gasteiger partial charge in [-0.15, -0.1) is 0 Å². The third-order valence-corrected chi connectivity index (χ3v) is 4.73. The number of pyridine rings is 1. The largest absolute Gasteiger partial charge is 0.345 e. The van der Waals surface area contributed by atoms with Gasteiger partial charge in [0.25, 0.3) is 5.91 Å². The van der Waals surface area contributed by atoms with Crippen LogP contribution in [-0.4, -0.2) is 43.1 Å². The Labute approximate surface area is 140 Å². The molecule has 0 aromatic carbocycles. The van der Waals surface area contributed by atoms with E-state index in [1.54, 1.807) is 12.4 Å². The number of nitrogens with one attached hydrogen (secondary N) is 1. The maximum atomic E-state index is 13.1. The van der Waals surface area contributed by atoms with Gasteiger partial charge in [0.2, 0.25) is 0 Å². The summed E-state index contributed by atoms with van der Waals surface area (Å²) in [4.78, 5) is 22.5. The Hall–Kier alpha value is -2.63. The average molecular weight is 323 g/mol. The second kappa shape index (κ2) is 6.11. The Kier molecular flexibility index (Phi) is 3.80. The van der Waals surface area contributed by atoms with E-state index in [2.05, 4.69) is 15.1 Å². The molecule has 1 aliphatic rings. The van der Waals surface area contributed by atoms with Gasteiger partial charge in [0, 0.05) is 30.5 Å². The Balaban J connectivity index is 1.61. The van der Waals surface area contributed by atoms with Crippen LogP contribution in [0.2, 0.25) is 0 Å². The summed E-state index contributed by atoms with van der Waals surface area (Å²) in [5.41, 5.74) is 2.62. The lowest BCUT2D eigenvalue weighted by molar-refractivity contribution is 0.0586. The van der Waals surface area contributed by atoms with Crippen molar-refractivity contribution in [2.75, 3.05) is 6.54 Å². The molecule has 0 radical (unpaired) electrons. The van der Waals surface area contributed by atoms with E-state index in [1.165, 1.54) is 0 Å².